The molecule has 0 aromatic heterocycles. The van der Waals surface area contributed by atoms with Crippen LogP contribution in [0.25, 0.3) is 0 Å². The van der Waals surface area contributed by atoms with Gasteiger partial charge in [-0.2, -0.15) is 0 Å². The lowest BCUT2D eigenvalue weighted by atomic mass is 9.96. The maximum atomic E-state index is 5.26. The molecule has 3 heteroatoms. The van der Waals surface area contributed by atoms with Gasteiger partial charge >= 0.3 is 0 Å². The van der Waals surface area contributed by atoms with Crippen molar-refractivity contribution in [2.24, 2.45) is 0 Å². The van der Waals surface area contributed by atoms with E-state index in [0.717, 1.165) is 30.4 Å². The Kier molecular flexibility index (Phi) is 4.16. The number of methoxy groups -OCH3 is 1. The van der Waals surface area contributed by atoms with Crippen molar-refractivity contribution in [3.8, 4) is 5.75 Å². The van der Waals surface area contributed by atoms with Crippen LogP contribution in [-0.2, 0) is 0 Å². The summed E-state index contributed by atoms with van der Waals surface area (Å²) in [5.41, 5.74) is 1.37. The Labute approximate surface area is 122 Å². The molecule has 2 aliphatic rings. The van der Waals surface area contributed by atoms with Crippen LogP contribution in [0.15, 0.2) is 24.3 Å². The molecule has 0 saturated carbocycles. The third-order valence-electron chi connectivity index (χ3n) is 4.79. The smallest absolute Gasteiger partial charge is 0.119 e. The van der Waals surface area contributed by atoms with E-state index in [0.29, 0.717) is 0 Å². The molecule has 3 rings (SSSR count). The quantitative estimate of drug-likeness (QED) is 0.892. The van der Waals surface area contributed by atoms with E-state index in [-0.39, 0.29) is 0 Å². The molecule has 0 spiro atoms. The second-order valence-electron chi connectivity index (χ2n) is 6.11. The van der Waals surface area contributed by atoms with Crippen molar-refractivity contribution >= 4 is 5.69 Å². The third-order valence-corrected chi connectivity index (χ3v) is 4.79. The molecule has 1 aromatic rings. The predicted molar refractivity (Wildman–Crippen MR) is 83.6 cm³/mol. The molecule has 1 aromatic carbocycles. The first-order valence-corrected chi connectivity index (χ1v) is 7.97. The summed E-state index contributed by atoms with van der Waals surface area (Å²) in [5, 5.41) is 3.72. The van der Waals surface area contributed by atoms with Crippen LogP contribution >= 0.6 is 0 Å². The summed E-state index contributed by atoms with van der Waals surface area (Å²) in [6.07, 6.45) is 6.51. The molecular weight excluding hydrogens is 248 g/mol. The standard InChI is InChI=1S/C17H26N2O/c1-3-10-18-13-11-15-4-5-16(12-13)19(15)14-6-8-17(20-2)9-7-14/h6-9,13,15-16,18H,3-5,10-12H2,1-2H3. The largest absolute Gasteiger partial charge is 0.497 e. The molecule has 20 heavy (non-hydrogen) atoms. The van der Waals surface area contributed by atoms with Crippen LogP contribution in [0, 0.1) is 0 Å². The number of anilines is 1. The van der Waals surface area contributed by atoms with E-state index in [2.05, 4.69) is 41.4 Å². The van der Waals surface area contributed by atoms with Gasteiger partial charge in [0, 0.05) is 23.8 Å². The van der Waals surface area contributed by atoms with Gasteiger partial charge in [-0.05, 0) is 62.9 Å². The number of piperidine rings is 1. The molecule has 0 amide bonds. The zero-order valence-electron chi connectivity index (χ0n) is 12.6. The van der Waals surface area contributed by atoms with E-state index in [9.17, 15) is 0 Å². The first-order chi connectivity index (χ1) is 9.81. The molecule has 2 atom stereocenters. The zero-order valence-corrected chi connectivity index (χ0v) is 12.6. The van der Waals surface area contributed by atoms with Gasteiger partial charge in [-0.1, -0.05) is 6.92 Å². The van der Waals surface area contributed by atoms with Crippen molar-refractivity contribution in [1.29, 1.82) is 0 Å². The van der Waals surface area contributed by atoms with Gasteiger partial charge in [-0.3, -0.25) is 0 Å². The number of hydrogen-bond acceptors (Lipinski definition) is 3. The fourth-order valence-corrected chi connectivity index (χ4v) is 3.87. The predicted octanol–water partition coefficient (Wildman–Crippen LogP) is 3.19. The Morgan fingerprint density at radius 2 is 1.80 bits per heavy atom. The Bertz CT molecular complexity index is 417. The number of nitrogens with zero attached hydrogens (tertiary/aromatic N) is 1. The van der Waals surface area contributed by atoms with E-state index in [4.69, 9.17) is 4.74 Å². The van der Waals surface area contributed by atoms with E-state index >= 15 is 0 Å². The Hall–Kier alpha value is -1.22. The molecule has 0 radical (unpaired) electrons. The molecule has 3 nitrogen and oxygen atoms in total. The fraction of sp³-hybridized carbons (Fsp3) is 0.647. The van der Waals surface area contributed by atoms with Gasteiger partial charge in [-0.15, -0.1) is 0 Å². The van der Waals surface area contributed by atoms with Gasteiger partial charge in [0.1, 0.15) is 5.75 Å². The summed E-state index contributed by atoms with van der Waals surface area (Å²) in [6.45, 7) is 3.40. The molecular formula is C17H26N2O. The Balaban J connectivity index is 1.69. The summed E-state index contributed by atoms with van der Waals surface area (Å²) < 4.78 is 5.26. The second-order valence-corrected chi connectivity index (χ2v) is 6.11. The first kappa shape index (κ1) is 13.7. The molecule has 2 saturated heterocycles. The minimum atomic E-state index is 0.719. The first-order valence-electron chi connectivity index (χ1n) is 7.97. The normalized spacial score (nSPS) is 28.7. The van der Waals surface area contributed by atoms with Crippen molar-refractivity contribution in [3.05, 3.63) is 24.3 Å². The molecule has 2 heterocycles. The van der Waals surface area contributed by atoms with E-state index in [1.165, 1.54) is 37.8 Å². The van der Waals surface area contributed by atoms with Crippen LogP contribution in [-0.4, -0.2) is 31.8 Å². The van der Waals surface area contributed by atoms with E-state index < -0.39 is 0 Å². The number of nitrogens with one attached hydrogen (secondary N) is 1. The SMILES string of the molecule is CCCNC1CC2CCC(C1)N2c1ccc(OC)cc1. The molecule has 2 unspecified atom stereocenters. The molecule has 0 aliphatic carbocycles. The van der Waals surface area contributed by atoms with Crippen molar-refractivity contribution in [1.82, 2.24) is 5.32 Å². The summed E-state index contributed by atoms with van der Waals surface area (Å²) in [4.78, 5) is 2.66. The summed E-state index contributed by atoms with van der Waals surface area (Å²) in [5.74, 6) is 0.945. The van der Waals surface area contributed by atoms with E-state index in [1.807, 2.05) is 0 Å². The number of ether oxygens (including phenoxy) is 1. The number of rotatable bonds is 5. The summed E-state index contributed by atoms with van der Waals surface area (Å²) >= 11 is 0. The summed E-state index contributed by atoms with van der Waals surface area (Å²) in [7, 11) is 1.73. The number of benzene rings is 1. The van der Waals surface area contributed by atoms with Crippen molar-refractivity contribution in [2.75, 3.05) is 18.6 Å². The van der Waals surface area contributed by atoms with Gasteiger partial charge in [0.2, 0.25) is 0 Å². The van der Waals surface area contributed by atoms with Crippen molar-refractivity contribution in [3.63, 3.8) is 0 Å². The van der Waals surface area contributed by atoms with Crippen LogP contribution in [0.5, 0.6) is 5.75 Å². The van der Waals surface area contributed by atoms with Crippen LogP contribution in [0.1, 0.15) is 39.0 Å². The van der Waals surface area contributed by atoms with Gasteiger partial charge in [0.15, 0.2) is 0 Å². The molecule has 2 bridgehead atoms. The van der Waals surface area contributed by atoms with Crippen LogP contribution in [0.3, 0.4) is 0 Å². The minimum Gasteiger partial charge on any atom is -0.497 e. The second kappa shape index (κ2) is 6.04. The lowest BCUT2D eigenvalue weighted by Crippen LogP contribution is -2.49. The number of fused-ring (bicyclic) bond motifs is 2. The van der Waals surface area contributed by atoms with Crippen LogP contribution in [0.2, 0.25) is 0 Å². The Morgan fingerprint density at radius 1 is 1.15 bits per heavy atom. The highest BCUT2D eigenvalue weighted by Crippen LogP contribution is 2.39. The minimum absolute atomic E-state index is 0.719. The molecule has 2 fully saturated rings. The maximum absolute atomic E-state index is 5.26. The fourth-order valence-electron chi connectivity index (χ4n) is 3.87. The lowest BCUT2D eigenvalue weighted by molar-refractivity contribution is 0.356. The molecule has 2 aliphatic heterocycles. The van der Waals surface area contributed by atoms with Crippen LogP contribution < -0.4 is 15.0 Å². The topological polar surface area (TPSA) is 24.5 Å². The van der Waals surface area contributed by atoms with Gasteiger partial charge in [0.25, 0.3) is 0 Å². The molecule has 110 valence electrons. The van der Waals surface area contributed by atoms with Gasteiger partial charge in [0.05, 0.1) is 7.11 Å². The van der Waals surface area contributed by atoms with Crippen molar-refractivity contribution < 1.29 is 4.74 Å². The Morgan fingerprint density at radius 3 is 2.35 bits per heavy atom. The average molecular weight is 274 g/mol. The van der Waals surface area contributed by atoms with Crippen molar-refractivity contribution in [2.45, 2.75) is 57.2 Å². The highest BCUT2D eigenvalue weighted by Gasteiger charge is 2.40. The maximum Gasteiger partial charge on any atom is 0.119 e. The van der Waals surface area contributed by atoms with Crippen LogP contribution in [0.4, 0.5) is 5.69 Å². The summed E-state index contributed by atoms with van der Waals surface area (Å²) in [6, 6.07) is 10.7. The lowest BCUT2D eigenvalue weighted by Gasteiger charge is -2.41. The highest BCUT2D eigenvalue weighted by atomic mass is 16.5. The molecule has 1 N–H and O–H groups in total. The van der Waals surface area contributed by atoms with E-state index in [1.54, 1.807) is 7.11 Å². The average Bonchev–Trinajstić information content (AvgIpc) is 2.76. The third kappa shape index (κ3) is 2.64. The zero-order chi connectivity index (χ0) is 13.9. The highest BCUT2D eigenvalue weighted by molar-refractivity contribution is 5.52. The number of hydrogen-bond donors (Lipinski definition) is 1. The van der Waals surface area contributed by atoms with Gasteiger partial charge in [-0.25, -0.2) is 0 Å². The monoisotopic (exact) mass is 274 g/mol. The van der Waals surface area contributed by atoms with Gasteiger partial charge < -0.3 is 15.0 Å².